The molecule has 1 atom stereocenters. The van der Waals surface area contributed by atoms with E-state index >= 15 is 0 Å². The van der Waals surface area contributed by atoms with E-state index in [1.807, 2.05) is 0 Å². The fraction of sp³-hybridized carbons (Fsp3) is 0.200. The minimum atomic E-state index is 0.621. The Balaban J connectivity index is 0.000000121. The summed E-state index contributed by atoms with van der Waals surface area (Å²) in [5.74, 6) is 0.621. The van der Waals surface area contributed by atoms with Crippen LogP contribution in [0.2, 0.25) is 0 Å². The summed E-state index contributed by atoms with van der Waals surface area (Å²) in [4.78, 5) is 0. The Morgan fingerprint density at radius 3 is 2.35 bits per heavy atom. The molecule has 0 amide bonds. The van der Waals surface area contributed by atoms with Crippen molar-refractivity contribution >= 4 is 12.2 Å². The van der Waals surface area contributed by atoms with E-state index in [0.717, 1.165) is 6.42 Å². The van der Waals surface area contributed by atoms with Gasteiger partial charge in [-0.15, -0.1) is 0 Å². The van der Waals surface area contributed by atoms with Crippen LogP contribution < -0.4 is 0 Å². The average molecular weight is 260 g/mol. The molecule has 0 nitrogen and oxygen atoms in total. The van der Waals surface area contributed by atoms with Crippen LogP contribution in [0.15, 0.2) is 60.2 Å². The van der Waals surface area contributed by atoms with Crippen LogP contribution in [-0.4, -0.2) is 0 Å². The van der Waals surface area contributed by atoms with Gasteiger partial charge in [-0.25, -0.2) is 0 Å². The van der Waals surface area contributed by atoms with Crippen LogP contribution in [0.4, 0.5) is 0 Å². The van der Waals surface area contributed by atoms with Crippen LogP contribution in [0.25, 0.3) is 12.2 Å². The number of hydrogen-bond donors (Lipinski definition) is 0. The zero-order valence-electron chi connectivity index (χ0n) is 12.1. The van der Waals surface area contributed by atoms with Crippen molar-refractivity contribution in [3.05, 3.63) is 82.4 Å². The highest BCUT2D eigenvalue weighted by Gasteiger charge is 2.10. The maximum atomic E-state index is 2.26. The molecule has 0 saturated heterocycles. The molecule has 1 unspecified atom stereocenters. The first-order chi connectivity index (χ1) is 9.74. The van der Waals surface area contributed by atoms with Gasteiger partial charge in [0.05, 0.1) is 0 Å². The summed E-state index contributed by atoms with van der Waals surface area (Å²) in [6, 6.07) is 17.1. The summed E-state index contributed by atoms with van der Waals surface area (Å²) < 4.78 is 0. The van der Waals surface area contributed by atoms with Crippen LogP contribution in [0.5, 0.6) is 0 Å². The molecule has 0 fully saturated rings. The quantitative estimate of drug-likeness (QED) is 0.589. The fourth-order valence-electron chi connectivity index (χ4n) is 2.88. The molecule has 100 valence electrons. The van der Waals surface area contributed by atoms with Gasteiger partial charge in [0.2, 0.25) is 0 Å². The second-order valence-corrected chi connectivity index (χ2v) is 5.64. The van der Waals surface area contributed by atoms with Gasteiger partial charge in [0.15, 0.2) is 0 Å². The molecule has 2 aromatic rings. The molecule has 4 rings (SSSR count). The lowest BCUT2D eigenvalue weighted by Gasteiger charge is -2.01. The molecule has 0 spiro atoms. The Labute approximate surface area is 121 Å². The van der Waals surface area contributed by atoms with E-state index < -0.39 is 0 Å². The smallest absolute Gasteiger partial charge is 0.000118 e. The van der Waals surface area contributed by atoms with Gasteiger partial charge >= 0.3 is 0 Å². The van der Waals surface area contributed by atoms with Gasteiger partial charge in [-0.2, -0.15) is 0 Å². The zero-order chi connectivity index (χ0) is 13.9. The van der Waals surface area contributed by atoms with Crippen LogP contribution in [0.1, 0.15) is 42.0 Å². The van der Waals surface area contributed by atoms with Gasteiger partial charge in [-0.3, -0.25) is 0 Å². The van der Waals surface area contributed by atoms with E-state index in [-0.39, 0.29) is 0 Å². The van der Waals surface area contributed by atoms with Crippen LogP contribution in [-0.2, 0) is 6.42 Å². The summed E-state index contributed by atoms with van der Waals surface area (Å²) in [5.41, 5.74) is 7.19. The van der Waals surface area contributed by atoms with Crippen molar-refractivity contribution in [2.45, 2.75) is 26.2 Å². The monoisotopic (exact) mass is 260 g/mol. The summed E-state index contributed by atoms with van der Waals surface area (Å²) in [6.07, 6.45) is 7.84. The molecule has 0 radical (unpaired) electrons. The first-order valence-corrected chi connectivity index (χ1v) is 7.26. The second kappa shape index (κ2) is 5.50. The van der Waals surface area contributed by atoms with Crippen LogP contribution >= 0.6 is 0 Å². The largest absolute Gasteiger partial charge is 0.0767 e. The predicted molar refractivity (Wildman–Crippen MR) is 87.7 cm³/mol. The normalized spacial score (nSPS) is 17.9. The Morgan fingerprint density at radius 2 is 1.60 bits per heavy atom. The molecular weight excluding hydrogens is 240 g/mol. The lowest BCUT2D eigenvalue weighted by molar-refractivity contribution is 0.990. The van der Waals surface area contributed by atoms with E-state index in [2.05, 4.69) is 80.6 Å². The highest BCUT2D eigenvalue weighted by molar-refractivity contribution is 5.63. The first-order valence-electron chi connectivity index (χ1n) is 7.26. The average Bonchev–Trinajstić information content (AvgIpc) is 3.02. The number of rotatable bonds is 0. The van der Waals surface area contributed by atoms with Crippen molar-refractivity contribution < 1.29 is 0 Å². The minimum Gasteiger partial charge on any atom is -0.0767 e. The molecule has 2 aromatic carbocycles. The molecule has 0 aliphatic heterocycles. The molecule has 0 saturated carbocycles. The van der Waals surface area contributed by atoms with E-state index in [4.69, 9.17) is 0 Å². The zero-order valence-corrected chi connectivity index (χ0v) is 12.1. The molecule has 2 aliphatic rings. The van der Waals surface area contributed by atoms with Crippen molar-refractivity contribution in [3.63, 3.8) is 0 Å². The van der Waals surface area contributed by atoms with Gasteiger partial charge in [-0.05, 0) is 41.5 Å². The third-order valence-electron chi connectivity index (χ3n) is 3.98. The van der Waals surface area contributed by atoms with Crippen LogP contribution in [0, 0.1) is 0 Å². The standard InChI is InChI=1S/2C10H10/c1-8-6-9-4-2-3-5-10(9)7-8;1-8-6-7-9-4-2-3-5-10(8)9/h2-6H,7H2,1H3;2-8H,1H3. The number of hydrogen-bond acceptors (Lipinski definition) is 0. The van der Waals surface area contributed by atoms with Crippen LogP contribution in [0.3, 0.4) is 0 Å². The maximum absolute atomic E-state index is 2.26. The lowest BCUT2D eigenvalue weighted by atomic mass is 10.0. The second-order valence-electron chi connectivity index (χ2n) is 5.64. The van der Waals surface area contributed by atoms with E-state index in [1.165, 1.54) is 27.8 Å². The van der Waals surface area contributed by atoms with Gasteiger partial charge in [-0.1, -0.05) is 79.3 Å². The molecular formula is C20H20. The van der Waals surface area contributed by atoms with Gasteiger partial charge in [0.1, 0.15) is 0 Å². The molecule has 0 heteroatoms. The number of benzene rings is 2. The Hall–Kier alpha value is -2.08. The van der Waals surface area contributed by atoms with Crippen molar-refractivity contribution in [3.8, 4) is 0 Å². The number of allylic oxidation sites excluding steroid dienone is 2. The SMILES string of the molecule is CC1=Cc2ccccc2C1.CC1C=Cc2ccccc21. The summed E-state index contributed by atoms with van der Waals surface area (Å²) in [6.45, 7) is 4.41. The Bertz CT molecular complexity index is 674. The number of fused-ring (bicyclic) bond motifs is 2. The molecule has 0 aromatic heterocycles. The summed E-state index contributed by atoms with van der Waals surface area (Å²) >= 11 is 0. The topological polar surface area (TPSA) is 0 Å². The fourth-order valence-corrected chi connectivity index (χ4v) is 2.88. The van der Waals surface area contributed by atoms with E-state index in [0.29, 0.717) is 5.92 Å². The maximum Gasteiger partial charge on any atom is -0.000118 e. The van der Waals surface area contributed by atoms with Crippen molar-refractivity contribution in [2.75, 3.05) is 0 Å². The van der Waals surface area contributed by atoms with E-state index in [9.17, 15) is 0 Å². The van der Waals surface area contributed by atoms with Gasteiger partial charge in [0.25, 0.3) is 0 Å². The molecule has 0 heterocycles. The highest BCUT2D eigenvalue weighted by atomic mass is 14.1. The first kappa shape index (κ1) is 12.9. The Kier molecular flexibility index (Phi) is 3.56. The third-order valence-corrected chi connectivity index (χ3v) is 3.98. The molecule has 0 bridgehead atoms. The molecule has 2 aliphatic carbocycles. The summed E-state index contributed by atoms with van der Waals surface area (Å²) in [7, 11) is 0. The third kappa shape index (κ3) is 2.60. The lowest BCUT2D eigenvalue weighted by Crippen LogP contribution is -1.84. The van der Waals surface area contributed by atoms with Gasteiger partial charge in [0, 0.05) is 0 Å². The van der Waals surface area contributed by atoms with Crippen molar-refractivity contribution in [1.29, 1.82) is 0 Å². The van der Waals surface area contributed by atoms with Gasteiger partial charge < -0.3 is 0 Å². The molecule has 0 N–H and O–H groups in total. The molecule has 20 heavy (non-hydrogen) atoms. The predicted octanol–water partition coefficient (Wildman–Crippen LogP) is 5.46. The van der Waals surface area contributed by atoms with Crippen molar-refractivity contribution in [2.24, 2.45) is 0 Å². The van der Waals surface area contributed by atoms with E-state index in [1.54, 1.807) is 0 Å². The Morgan fingerprint density at radius 1 is 0.900 bits per heavy atom. The highest BCUT2D eigenvalue weighted by Crippen LogP contribution is 2.28. The minimum absolute atomic E-state index is 0.621. The van der Waals surface area contributed by atoms with Crippen molar-refractivity contribution in [1.82, 2.24) is 0 Å². The summed E-state index contributed by atoms with van der Waals surface area (Å²) in [5, 5.41) is 0.